The van der Waals surface area contributed by atoms with Crippen LogP contribution in [0.2, 0.25) is 0 Å². The van der Waals surface area contributed by atoms with Crippen LogP contribution in [0.25, 0.3) is 0 Å². The maximum atomic E-state index is 11.1. The van der Waals surface area contributed by atoms with Crippen molar-refractivity contribution in [2.45, 2.75) is 110 Å². The number of carboxylic acid groups (broad SMARTS) is 1. The molecule has 0 aromatic carbocycles. The number of aliphatic hydroxyl groups is 3. The van der Waals surface area contributed by atoms with E-state index in [1.54, 1.807) is 0 Å². The van der Waals surface area contributed by atoms with E-state index < -0.39 is 36.0 Å². The van der Waals surface area contributed by atoms with Gasteiger partial charge in [0.1, 0.15) is 11.7 Å². The maximum Gasteiger partial charge on any atom is 0.305 e. The molecule has 7 heteroatoms. The van der Waals surface area contributed by atoms with Gasteiger partial charge in [0.2, 0.25) is 0 Å². The van der Waals surface area contributed by atoms with Crippen molar-refractivity contribution in [3.8, 4) is 0 Å². The highest BCUT2D eigenvalue weighted by Gasteiger charge is 2.48. The Bertz CT molecular complexity index is 711. The molecule has 0 saturated carbocycles. The third-order valence-corrected chi connectivity index (χ3v) is 7.11. The maximum absolute atomic E-state index is 11.1. The standard InChI is InChI=1S/C25H42O7/c1-14(13-24(5,6)23-16(3)21(29)17(4)31-23)9-8-10-15(2)22-25(7,30)19(26)11-18(32-22)12-20(27)28/h8-10,14,16-19,21-23,26,29-30H,11-13H2,1-7H3,(H,27,28). The number of ether oxygens (including phenoxy) is 2. The van der Waals surface area contributed by atoms with Gasteiger partial charge in [0, 0.05) is 12.3 Å². The average Bonchev–Trinajstić information content (AvgIpc) is 2.91. The van der Waals surface area contributed by atoms with Crippen molar-refractivity contribution in [2.24, 2.45) is 17.3 Å². The Morgan fingerprint density at radius 1 is 1.25 bits per heavy atom. The number of hydrogen-bond donors (Lipinski definition) is 4. The minimum atomic E-state index is -1.50. The highest BCUT2D eigenvalue weighted by Crippen LogP contribution is 2.42. The van der Waals surface area contributed by atoms with E-state index in [1.807, 2.05) is 32.9 Å². The molecule has 0 radical (unpaired) electrons. The molecule has 2 heterocycles. The van der Waals surface area contributed by atoms with Crippen molar-refractivity contribution >= 4 is 5.97 Å². The Balaban J connectivity index is 2.04. The van der Waals surface area contributed by atoms with Gasteiger partial charge < -0.3 is 29.9 Å². The molecular formula is C25H42O7. The van der Waals surface area contributed by atoms with E-state index in [2.05, 4.69) is 26.8 Å². The number of carboxylic acids is 1. The molecule has 2 rings (SSSR count). The molecule has 0 aromatic heterocycles. The van der Waals surface area contributed by atoms with E-state index >= 15 is 0 Å². The van der Waals surface area contributed by atoms with Crippen molar-refractivity contribution in [3.63, 3.8) is 0 Å². The van der Waals surface area contributed by atoms with Gasteiger partial charge in [-0.3, -0.25) is 4.79 Å². The van der Waals surface area contributed by atoms with Crippen LogP contribution in [-0.2, 0) is 14.3 Å². The lowest BCUT2D eigenvalue weighted by Crippen LogP contribution is -2.58. The molecule has 2 fully saturated rings. The first-order valence-electron chi connectivity index (χ1n) is 11.6. The van der Waals surface area contributed by atoms with Crippen LogP contribution in [-0.4, -0.2) is 68.6 Å². The zero-order valence-electron chi connectivity index (χ0n) is 20.5. The van der Waals surface area contributed by atoms with Crippen molar-refractivity contribution in [1.29, 1.82) is 0 Å². The fraction of sp³-hybridized carbons (Fsp3) is 0.800. The van der Waals surface area contributed by atoms with Crippen LogP contribution < -0.4 is 0 Å². The number of rotatable bonds is 8. The van der Waals surface area contributed by atoms with E-state index in [4.69, 9.17) is 14.6 Å². The van der Waals surface area contributed by atoms with E-state index in [9.17, 15) is 20.1 Å². The Hall–Kier alpha value is -1.25. The molecular weight excluding hydrogens is 412 g/mol. The van der Waals surface area contributed by atoms with Gasteiger partial charge in [-0.05, 0) is 44.1 Å². The molecule has 9 atom stereocenters. The Labute approximate surface area is 192 Å². The highest BCUT2D eigenvalue weighted by molar-refractivity contribution is 5.67. The van der Waals surface area contributed by atoms with Crippen LogP contribution in [0.5, 0.6) is 0 Å². The normalized spacial score (nSPS) is 40.1. The largest absolute Gasteiger partial charge is 0.481 e. The molecule has 7 nitrogen and oxygen atoms in total. The van der Waals surface area contributed by atoms with E-state index in [-0.39, 0.29) is 42.3 Å². The van der Waals surface area contributed by atoms with Gasteiger partial charge in [-0.25, -0.2) is 0 Å². The molecule has 9 unspecified atom stereocenters. The second kappa shape index (κ2) is 10.3. The van der Waals surface area contributed by atoms with Gasteiger partial charge >= 0.3 is 5.97 Å². The zero-order chi connectivity index (χ0) is 24.4. The van der Waals surface area contributed by atoms with Crippen LogP contribution >= 0.6 is 0 Å². The number of aliphatic carboxylic acids is 1. The van der Waals surface area contributed by atoms with Gasteiger partial charge in [0.25, 0.3) is 0 Å². The molecule has 32 heavy (non-hydrogen) atoms. The van der Waals surface area contributed by atoms with Gasteiger partial charge in [-0.1, -0.05) is 45.9 Å². The molecule has 0 aromatic rings. The summed E-state index contributed by atoms with van der Waals surface area (Å²) in [6.45, 7) is 13.7. The van der Waals surface area contributed by atoms with Crippen molar-refractivity contribution in [1.82, 2.24) is 0 Å². The van der Waals surface area contributed by atoms with Gasteiger partial charge in [-0.15, -0.1) is 0 Å². The summed E-state index contributed by atoms with van der Waals surface area (Å²) >= 11 is 0. The highest BCUT2D eigenvalue weighted by atomic mass is 16.5. The lowest BCUT2D eigenvalue weighted by atomic mass is 9.74. The Morgan fingerprint density at radius 2 is 1.88 bits per heavy atom. The van der Waals surface area contributed by atoms with Crippen molar-refractivity contribution in [3.05, 3.63) is 23.8 Å². The molecule has 2 aliphatic rings. The van der Waals surface area contributed by atoms with Crippen LogP contribution in [0.3, 0.4) is 0 Å². The lowest BCUT2D eigenvalue weighted by molar-refractivity contribution is -0.209. The lowest BCUT2D eigenvalue weighted by Gasteiger charge is -2.44. The third kappa shape index (κ3) is 6.20. The van der Waals surface area contributed by atoms with Crippen molar-refractivity contribution < 1.29 is 34.7 Å². The summed E-state index contributed by atoms with van der Waals surface area (Å²) in [6.07, 6.45) is 3.46. The number of allylic oxidation sites excluding steroid dienone is 3. The molecule has 2 aliphatic heterocycles. The van der Waals surface area contributed by atoms with Crippen LogP contribution in [0, 0.1) is 17.3 Å². The SMILES string of the molecule is CC(=CC=CC(C)CC(C)(C)C1OC(C)C(O)C1C)C1OC(CC(=O)O)CC(O)C1(C)O. The minimum absolute atomic E-state index is 0.0148. The molecule has 0 aliphatic carbocycles. The molecule has 0 bridgehead atoms. The minimum Gasteiger partial charge on any atom is -0.481 e. The monoisotopic (exact) mass is 454 g/mol. The van der Waals surface area contributed by atoms with E-state index in [0.29, 0.717) is 0 Å². The Morgan fingerprint density at radius 3 is 2.41 bits per heavy atom. The summed E-state index contributed by atoms with van der Waals surface area (Å²) in [5.74, 6) is -0.673. The van der Waals surface area contributed by atoms with Crippen LogP contribution in [0.15, 0.2) is 23.8 Å². The molecule has 4 N–H and O–H groups in total. The smallest absolute Gasteiger partial charge is 0.305 e. The fourth-order valence-electron chi connectivity index (χ4n) is 5.38. The number of hydrogen-bond acceptors (Lipinski definition) is 6. The summed E-state index contributed by atoms with van der Waals surface area (Å²) in [5, 5.41) is 40.4. The zero-order valence-corrected chi connectivity index (χ0v) is 20.5. The van der Waals surface area contributed by atoms with E-state index in [1.165, 1.54) is 6.92 Å². The predicted molar refractivity (Wildman–Crippen MR) is 122 cm³/mol. The van der Waals surface area contributed by atoms with Gasteiger partial charge in [0.05, 0.1) is 36.9 Å². The summed E-state index contributed by atoms with van der Waals surface area (Å²) in [4.78, 5) is 11.1. The molecule has 0 amide bonds. The predicted octanol–water partition coefficient (Wildman–Crippen LogP) is 3.07. The van der Waals surface area contributed by atoms with Crippen LogP contribution in [0.1, 0.15) is 67.7 Å². The summed E-state index contributed by atoms with van der Waals surface area (Å²) in [7, 11) is 0. The summed E-state index contributed by atoms with van der Waals surface area (Å²) in [6, 6.07) is 0. The average molecular weight is 455 g/mol. The number of aliphatic hydroxyl groups excluding tert-OH is 2. The van der Waals surface area contributed by atoms with Crippen molar-refractivity contribution in [2.75, 3.05) is 0 Å². The second-order valence-electron chi connectivity index (χ2n) is 10.8. The topological polar surface area (TPSA) is 116 Å². The first-order chi connectivity index (χ1) is 14.7. The number of carbonyl (C=O) groups is 1. The molecule has 0 spiro atoms. The summed E-state index contributed by atoms with van der Waals surface area (Å²) < 4.78 is 11.9. The molecule has 184 valence electrons. The second-order valence-corrected chi connectivity index (χ2v) is 10.8. The van der Waals surface area contributed by atoms with Gasteiger partial charge in [-0.2, -0.15) is 0 Å². The first kappa shape index (κ1) is 27.0. The first-order valence-corrected chi connectivity index (χ1v) is 11.6. The van der Waals surface area contributed by atoms with E-state index in [0.717, 1.165) is 12.0 Å². The van der Waals surface area contributed by atoms with Gasteiger partial charge in [0.15, 0.2) is 0 Å². The Kier molecular flexibility index (Phi) is 8.73. The fourth-order valence-corrected chi connectivity index (χ4v) is 5.38. The summed E-state index contributed by atoms with van der Waals surface area (Å²) in [5.41, 5.74) is -0.890. The quantitative estimate of drug-likeness (QED) is 0.417. The van der Waals surface area contributed by atoms with Crippen LogP contribution in [0.4, 0.5) is 0 Å². The third-order valence-electron chi connectivity index (χ3n) is 7.11. The molecule has 2 saturated heterocycles.